The number of hydrogen-bond donors (Lipinski definition) is 1. The largest absolute Gasteiger partial charge is 0.486 e. The molecule has 0 bridgehead atoms. The molecule has 2 aromatic carbocycles. The highest BCUT2D eigenvalue weighted by atomic mass is 16.6. The van der Waals surface area contributed by atoms with Crippen LogP contribution in [0.2, 0.25) is 0 Å². The average Bonchev–Trinajstić information content (AvgIpc) is 2.76. The first-order chi connectivity index (χ1) is 14.2. The quantitative estimate of drug-likeness (QED) is 0.722. The van der Waals surface area contributed by atoms with Crippen LogP contribution < -0.4 is 20.3 Å². The van der Waals surface area contributed by atoms with Crippen LogP contribution in [0.15, 0.2) is 65.5 Å². The fourth-order valence-corrected chi connectivity index (χ4v) is 3.23. The molecular weight excluding hydrogens is 370 g/mol. The Balaban J connectivity index is 1.60. The molecule has 7 heteroatoms. The van der Waals surface area contributed by atoms with Crippen molar-refractivity contribution in [2.75, 3.05) is 18.5 Å². The molecule has 0 fully saturated rings. The van der Waals surface area contributed by atoms with Gasteiger partial charge in [-0.2, -0.15) is 5.10 Å². The summed E-state index contributed by atoms with van der Waals surface area (Å²) in [7, 11) is 0. The van der Waals surface area contributed by atoms with Crippen molar-refractivity contribution in [3.8, 4) is 22.8 Å². The van der Waals surface area contributed by atoms with Crippen molar-refractivity contribution in [3.63, 3.8) is 0 Å². The Hall–Kier alpha value is -3.61. The molecule has 0 saturated carbocycles. The predicted molar refractivity (Wildman–Crippen MR) is 109 cm³/mol. The number of nitrogens with zero attached hydrogens (tertiary/aromatic N) is 2. The van der Waals surface area contributed by atoms with Gasteiger partial charge in [0.1, 0.15) is 19.3 Å². The van der Waals surface area contributed by atoms with Crippen LogP contribution in [0.25, 0.3) is 11.3 Å². The number of nitrogens with one attached hydrogen (secondary N) is 1. The fourth-order valence-electron chi connectivity index (χ4n) is 3.23. The summed E-state index contributed by atoms with van der Waals surface area (Å²) in [6, 6.07) is 17.1. The summed E-state index contributed by atoms with van der Waals surface area (Å²) in [6.07, 6.45) is 0.418. The number of rotatable bonds is 5. The van der Waals surface area contributed by atoms with Gasteiger partial charge in [0.05, 0.1) is 5.69 Å². The van der Waals surface area contributed by atoms with Crippen LogP contribution in [0.4, 0.5) is 5.69 Å². The van der Waals surface area contributed by atoms with Gasteiger partial charge in [0, 0.05) is 23.4 Å². The van der Waals surface area contributed by atoms with E-state index >= 15 is 0 Å². The van der Waals surface area contributed by atoms with Crippen LogP contribution in [0.5, 0.6) is 11.5 Å². The van der Waals surface area contributed by atoms with Crippen molar-refractivity contribution in [2.45, 2.75) is 19.4 Å². The first kappa shape index (κ1) is 18.7. The smallest absolute Gasteiger partial charge is 0.267 e. The molecule has 1 N–H and O–H groups in total. The van der Waals surface area contributed by atoms with Gasteiger partial charge < -0.3 is 14.8 Å². The monoisotopic (exact) mass is 391 g/mol. The van der Waals surface area contributed by atoms with Gasteiger partial charge in [-0.25, -0.2) is 4.68 Å². The molecule has 1 aliphatic heterocycles. The Morgan fingerprint density at radius 2 is 1.83 bits per heavy atom. The number of ether oxygens (including phenoxy) is 2. The van der Waals surface area contributed by atoms with Crippen molar-refractivity contribution < 1.29 is 14.3 Å². The van der Waals surface area contributed by atoms with Gasteiger partial charge in [-0.05, 0) is 24.6 Å². The second-order valence-corrected chi connectivity index (χ2v) is 6.64. The zero-order chi connectivity index (χ0) is 20.2. The van der Waals surface area contributed by atoms with E-state index in [2.05, 4.69) is 10.4 Å². The summed E-state index contributed by atoms with van der Waals surface area (Å²) < 4.78 is 12.3. The summed E-state index contributed by atoms with van der Waals surface area (Å²) in [4.78, 5) is 25.4. The third-order valence-electron chi connectivity index (χ3n) is 4.69. The van der Waals surface area contributed by atoms with E-state index in [1.165, 1.54) is 10.7 Å². The minimum Gasteiger partial charge on any atom is -0.486 e. The number of fused-ring (bicyclic) bond motifs is 1. The Morgan fingerprint density at radius 3 is 2.59 bits per heavy atom. The van der Waals surface area contributed by atoms with Crippen LogP contribution in [0.3, 0.4) is 0 Å². The van der Waals surface area contributed by atoms with Gasteiger partial charge in [-0.1, -0.05) is 37.3 Å². The van der Waals surface area contributed by atoms with Crippen molar-refractivity contribution in [1.82, 2.24) is 9.78 Å². The number of aromatic nitrogens is 2. The molecule has 3 aromatic rings. The number of amides is 1. The molecule has 148 valence electrons. The fraction of sp³-hybridized carbons (Fsp3) is 0.227. The molecule has 7 nitrogen and oxygen atoms in total. The Labute approximate surface area is 167 Å². The minimum absolute atomic E-state index is 0.316. The van der Waals surface area contributed by atoms with Gasteiger partial charge in [-0.3, -0.25) is 9.59 Å². The lowest BCUT2D eigenvalue weighted by atomic mass is 10.1. The lowest BCUT2D eigenvalue weighted by Crippen LogP contribution is -2.34. The maximum Gasteiger partial charge on any atom is 0.267 e. The first-order valence-electron chi connectivity index (χ1n) is 9.51. The lowest BCUT2D eigenvalue weighted by molar-refractivity contribution is -0.119. The zero-order valence-corrected chi connectivity index (χ0v) is 16.0. The van der Waals surface area contributed by atoms with E-state index in [0.29, 0.717) is 42.5 Å². The molecule has 0 aliphatic carbocycles. The van der Waals surface area contributed by atoms with E-state index in [1.54, 1.807) is 24.3 Å². The van der Waals surface area contributed by atoms with Crippen molar-refractivity contribution in [3.05, 3.63) is 71.0 Å². The van der Waals surface area contributed by atoms with Crippen LogP contribution in [-0.4, -0.2) is 28.9 Å². The molecule has 2 heterocycles. The third kappa shape index (κ3) is 3.99. The second-order valence-electron chi connectivity index (χ2n) is 6.64. The van der Waals surface area contributed by atoms with Crippen molar-refractivity contribution >= 4 is 11.6 Å². The standard InChI is InChI=1S/C22H21N3O4/c1-2-18(22(27)23-16-8-10-19-20(14-16)29-13-12-28-19)25-21(26)11-9-17(24-25)15-6-4-3-5-7-15/h3-11,14,18H,2,12-13H2,1H3,(H,23,27)/t18-/m0/s1. The van der Waals surface area contributed by atoms with E-state index in [9.17, 15) is 9.59 Å². The van der Waals surface area contributed by atoms with Gasteiger partial charge in [0.25, 0.3) is 5.56 Å². The van der Waals surface area contributed by atoms with Crippen LogP contribution in [0, 0.1) is 0 Å². The lowest BCUT2D eigenvalue weighted by Gasteiger charge is -2.20. The molecule has 1 aliphatic rings. The van der Waals surface area contributed by atoms with Gasteiger partial charge in [0.2, 0.25) is 5.91 Å². The number of anilines is 1. The number of benzene rings is 2. The number of carbonyl (C=O) groups is 1. The zero-order valence-electron chi connectivity index (χ0n) is 16.0. The highest BCUT2D eigenvalue weighted by molar-refractivity contribution is 5.94. The third-order valence-corrected chi connectivity index (χ3v) is 4.69. The van der Waals surface area contributed by atoms with Crippen LogP contribution >= 0.6 is 0 Å². The van der Waals surface area contributed by atoms with Gasteiger partial charge >= 0.3 is 0 Å². The van der Waals surface area contributed by atoms with E-state index in [1.807, 2.05) is 37.3 Å². The summed E-state index contributed by atoms with van der Waals surface area (Å²) in [6.45, 7) is 2.81. The van der Waals surface area contributed by atoms with Crippen LogP contribution in [-0.2, 0) is 4.79 Å². The minimum atomic E-state index is -0.737. The SMILES string of the molecule is CC[C@@H](C(=O)Nc1ccc2c(c1)OCCO2)n1nc(-c2ccccc2)ccc1=O. The van der Waals surface area contributed by atoms with Gasteiger partial charge in [0.15, 0.2) is 11.5 Å². The highest BCUT2D eigenvalue weighted by Crippen LogP contribution is 2.32. The van der Waals surface area contributed by atoms with Crippen molar-refractivity contribution in [2.24, 2.45) is 0 Å². The molecule has 29 heavy (non-hydrogen) atoms. The summed E-state index contributed by atoms with van der Waals surface area (Å²) in [5, 5.41) is 7.30. The van der Waals surface area contributed by atoms with E-state index < -0.39 is 6.04 Å². The summed E-state index contributed by atoms with van der Waals surface area (Å²) in [5.41, 5.74) is 1.76. The number of carbonyl (C=O) groups excluding carboxylic acids is 1. The summed E-state index contributed by atoms with van der Waals surface area (Å²) in [5.74, 6) is 0.919. The molecule has 0 saturated heterocycles. The average molecular weight is 391 g/mol. The Bertz CT molecular complexity index is 1080. The Morgan fingerprint density at radius 1 is 1.07 bits per heavy atom. The molecule has 1 amide bonds. The van der Waals surface area contributed by atoms with E-state index in [-0.39, 0.29) is 11.5 Å². The van der Waals surface area contributed by atoms with Crippen LogP contribution in [0.1, 0.15) is 19.4 Å². The maximum absolute atomic E-state index is 12.9. The molecule has 0 radical (unpaired) electrons. The molecule has 1 atom stereocenters. The molecule has 0 unspecified atom stereocenters. The molecule has 1 aromatic heterocycles. The molecule has 0 spiro atoms. The van der Waals surface area contributed by atoms with E-state index in [4.69, 9.17) is 9.47 Å². The van der Waals surface area contributed by atoms with Gasteiger partial charge in [-0.15, -0.1) is 0 Å². The summed E-state index contributed by atoms with van der Waals surface area (Å²) >= 11 is 0. The predicted octanol–water partition coefficient (Wildman–Crippen LogP) is 3.27. The maximum atomic E-state index is 12.9. The Kier molecular flexibility index (Phi) is 5.29. The number of hydrogen-bond acceptors (Lipinski definition) is 5. The normalized spacial score (nSPS) is 13.6. The van der Waals surface area contributed by atoms with Crippen molar-refractivity contribution in [1.29, 1.82) is 0 Å². The topological polar surface area (TPSA) is 82.4 Å². The van der Waals surface area contributed by atoms with E-state index in [0.717, 1.165) is 5.56 Å². The second kappa shape index (κ2) is 8.18. The first-order valence-corrected chi connectivity index (χ1v) is 9.51. The molecular formula is C22H21N3O4. The molecule has 4 rings (SSSR count). The highest BCUT2D eigenvalue weighted by Gasteiger charge is 2.22.